The first-order valence-corrected chi connectivity index (χ1v) is 6.22. The highest BCUT2D eigenvalue weighted by molar-refractivity contribution is 5.74. The normalized spacial score (nSPS) is 32.8. The topological polar surface area (TPSA) is 53.2 Å². The standard InChI is InChI=1S/C12H23N3O/c1-11(2,3)15-10(16)13-8-12-7-9(12)5-4-6-14-12/h9,14H,4-8H2,1-3H3,(H2,13,15,16). The van der Waals surface area contributed by atoms with E-state index in [2.05, 4.69) is 16.0 Å². The fourth-order valence-corrected chi connectivity index (χ4v) is 2.56. The molecule has 1 aliphatic heterocycles. The summed E-state index contributed by atoms with van der Waals surface area (Å²) < 4.78 is 0. The molecule has 1 saturated heterocycles. The molecule has 1 heterocycles. The second kappa shape index (κ2) is 3.91. The van der Waals surface area contributed by atoms with E-state index in [9.17, 15) is 4.79 Å². The van der Waals surface area contributed by atoms with Crippen LogP contribution < -0.4 is 16.0 Å². The number of hydrogen-bond acceptors (Lipinski definition) is 2. The van der Waals surface area contributed by atoms with E-state index >= 15 is 0 Å². The Kier molecular flexibility index (Phi) is 2.86. The molecule has 0 bridgehead atoms. The third-order valence-electron chi connectivity index (χ3n) is 3.49. The van der Waals surface area contributed by atoms with Crippen molar-refractivity contribution in [2.24, 2.45) is 5.92 Å². The van der Waals surface area contributed by atoms with E-state index in [0.717, 1.165) is 19.0 Å². The Hall–Kier alpha value is -0.770. The Balaban J connectivity index is 1.74. The summed E-state index contributed by atoms with van der Waals surface area (Å²) >= 11 is 0. The van der Waals surface area contributed by atoms with Crippen LogP contribution in [0.1, 0.15) is 40.0 Å². The van der Waals surface area contributed by atoms with Crippen LogP contribution in [0, 0.1) is 5.92 Å². The molecule has 2 unspecified atom stereocenters. The number of fused-ring (bicyclic) bond motifs is 1. The minimum atomic E-state index is -0.162. The molecule has 4 nitrogen and oxygen atoms in total. The van der Waals surface area contributed by atoms with Gasteiger partial charge in [0.25, 0.3) is 0 Å². The Morgan fingerprint density at radius 1 is 1.50 bits per heavy atom. The zero-order valence-electron chi connectivity index (χ0n) is 10.5. The van der Waals surface area contributed by atoms with Crippen molar-refractivity contribution in [1.82, 2.24) is 16.0 Å². The fraction of sp³-hybridized carbons (Fsp3) is 0.917. The van der Waals surface area contributed by atoms with Gasteiger partial charge in [0.15, 0.2) is 0 Å². The van der Waals surface area contributed by atoms with Gasteiger partial charge < -0.3 is 16.0 Å². The van der Waals surface area contributed by atoms with E-state index in [-0.39, 0.29) is 17.1 Å². The van der Waals surface area contributed by atoms with Crippen molar-refractivity contribution in [3.05, 3.63) is 0 Å². The highest BCUT2D eigenvalue weighted by atomic mass is 16.2. The maximum Gasteiger partial charge on any atom is 0.315 e. The molecule has 2 amide bonds. The van der Waals surface area contributed by atoms with Gasteiger partial charge in [-0.2, -0.15) is 0 Å². The molecule has 2 aliphatic rings. The molecule has 2 fully saturated rings. The summed E-state index contributed by atoms with van der Waals surface area (Å²) in [5.74, 6) is 0.788. The van der Waals surface area contributed by atoms with Crippen molar-refractivity contribution in [2.45, 2.75) is 51.1 Å². The van der Waals surface area contributed by atoms with Crippen LogP contribution in [0.2, 0.25) is 0 Å². The molecule has 4 heteroatoms. The first-order chi connectivity index (χ1) is 7.41. The van der Waals surface area contributed by atoms with E-state index < -0.39 is 0 Å². The molecule has 0 aromatic carbocycles. The minimum absolute atomic E-state index is 0.0556. The van der Waals surface area contributed by atoms with Crippen LogP contribution in [-0.4, -0.2) is 30.2 Å². The smallest absolute Gasteiger partial charge is 0.315 e. The quantitative estimate of drug-likeness (QED) is 0.662. The van der Waals surface area contributed by atoms with E-state index in [0.29, 0.717) is 0 Å². The number of urea groups is 1. The van der Waals surface area contributed by atoms with Gasteiger partial charge in [0.1, 0.15) is 0 Å². The summed E-state index contributed by atoms with van der Waals surface area (Å²) in [6, 6.07) is -0.0556. The van der Waals surface area contributed by atoms with Gasteiger partial charge in [-0.3, -0.25) is 0 Å². The number of rotatable bonds is 2. The van der Waals surface area contributed by atoms with Crippen LogP contribution in [-0.2, 0) is 0 Å². The van der Waals surface area contributed by atoms with Crippen LogP contribution in [0.4, 0.5) is 4.79 Å². The number of amides is 2. The SMILES string of the molecule is CC(C)(C)NC(=O)NCC12CC1CCCN2. The number of piperidine rings is 1. The molecular weight excluding hydrogens is 202 g/mol. The van der Waals surface area contributed by atoms with E-state index in [1.54, 1.807) is 0 Å². The molecule has 1 aliphatic carbocycles. The second-order valence-electron chi connectivity index (χ2n) is 6.18. The van der Waals surface area contributed by atoms with Crippen molar-refractivity contribution in [2.75, 3.05) is 13.1 Å². The van der Waals surface area contributed by atoms with Gasteiger partial charge >= 0.3 is 6.03 Å². The largest absolute Gasteiger partial charge is 0.336 e. The Morgan fingerprint density at radius 3 is 2.88 bits per heavy atom. The van der Waals surface area contributed by atoms with Crippen molar-refractivity contribution in [3.8, 4) is 0 Å². The molecule has 16 heavy (non-hydrogen) atoms. The van der Waals surface area contributed by atoms with Gasteiger partial charge in [-0.25, -0.2) is 4.79 Å². The molecule has 1 saturated carbocycles. The second-order valence-corrected chi connectivity index (χ2v) is 6.18. The van der Waals surface area contributed by atoms with Gasteiger partial charge in [-0.1, -0.05) is 0 Å². The number of carbonyl (C=O) groups excluding carboxylic acids is 1. The lowest BCUT2D eigenvalue weighted by atomic mass is 10.1. The highest BCUT2D eigenvalue weighted by Gasteiger charge is 2.54. The predicted molar refractivity (Wildman–Crippen MR) is 64.4 cm³/mol. The van der Waals surface area contributed by atoms with E-state index in [1.807, 2.05) is 20.8 Å². The summed E-state index contributed by atoms with van der Waals surface area (Å²) in [6.45, 7) is 7.83. The summed E-state index contributed by atoms with van der Waals surface area (Å²) in [5, 5.41) is 9.44. The lowest BCUT2D eigenvalue weighted by Crippen LogP contribution is -2.52. The molecule has 2 rings (SSSR count). The van der Waals surface area contributed by atoms with Gasteiger partial charge in [-0.15, -0.1) is 0 Å². The number of hydrogen-bond donors (Lipinski definition) is 3. The van der Waals surface area contributed by atoms with Crippen molar-refractivity contribution in [1.29, 1.82) is 0 Å². The number of nitrogens with one attached hydrogen (secondary N) is 3. The zero-order chi connectivity index (χ0) is 11.8. The van der Waals surface area contributed by atoms with Gasteiger partial charge in [0, 0.05) is 17.6 Å². The lowest BCUT2D eigenvalue weighted by molar-refractivity contribution is 0.228. The molecule has 0 aromatic heterocycles. The average Bonchev–Trinajstić information content (AvgIpc) is 2.87. The van der Waals surface area contributed by atoms with E-state index in [1.165, 1.54) is 19.3 Å². The molecular formula is C12H23N3O. The van der Waals surface area contributed by atoms with Gasteiger partial charge in [-0.05, 0) is 52.5 Å². The Labute approximate surface area is 97.6 Å². The van der Waals surface area contributed by atoms with Crippen LogP contribution in [0.15, 0.2) is 0 Å². The maximum atomic E-state index is 11.6. The molecule has 0 spiro atoms. The highest BCUT2D eigenvalue weighted by Crippen LogP contribution is 2.48. The van der Waals surface area contributed by atoms with E-state index in [4.69, 9.17) is 0 Å². The molecule has 2 atom stereocenters. The van der Waals surface area contributed by atoms with Crippen molar-refractivity contribution in [3.63, 3.8) is 0 Å². The van der Waals surface area contributed by atoms with Gasteiger partial charge in [0.2, 0.25) is 0 Å². The fourth-order valence-electron chi connectivity index (χ4n) is 2.56. The van der Waals surface area contributed by atoms with Gasteiger partial charge in [0.05, 0.1) is 0 Å². The molecule has 0 radical (unpaired) electrons. The minimum Gasteiger partial charge on any atom is -0.336 e. The monoisotopic (exact) mass is 225 g/mol. The first-order valence-electron chi connectivity index (χ1n) is 6.22. The van der Waals surface area contributed by atoms with Crippen molar-refractivity contribution >= 4 is 6.03 Å². The summed E-state index contributed by atoms with van der Waals surface area (Å²) in [7, 11) is 0. The van der Waals surface area contributed by atoms with Crippen LogP contribution in [0.5, 0.6) is 0 Å². The molecule has 0 aromatic rings. The predicted octanol–water partition coefficient (Wildman–Crippen LogP) is 1.23. The molecule has 92 valence electrons. The zero-order valence-corrected chi connectivity index (χ0v) is 10.5. The number of carbonyl (C=O) groups is 1. The van der Waals surface area contributed by atoms with Crippen LogP contribution in [0.3, 0.4) is 0 Å². The Morgan fingerprint density at radius 2 is 2.25 bits per heavy atom. The summed E-state index contributed by atoms with van der Waals surface area (Å²) in [6.07, 6.45) is 3.82. The third-order valence-corrected chi connectivity index (χ3v) is 3.49. The third kappa shape index (κ3) is 2.67. The average molecular weight is 225 g/mol. The molecule has 3 N–H and O–H groups in total. The maximum absolute atomic E-state index is 11.6. The summed E-state index contributed by atoms with van der Waals surface area (Å²) in [4.78, 5) is 11.6. The van der Waals surface area contributed by atoms with Crippen LogP contribution >= 0.6 is 0 Å². The summed E-state index contributed by atoms with van der Waals surface area (Å²) in [5.41, 5.74) is 0.0676. The lowest BCUT2D eigenvalue weighted by Gasteiger charge is -2.26. The van der Waals surface area contributed by atoms with Crippen molar-refractivity contribution < 1.29 is 4.79 Å². The Bertz CT molecular complexity index is 284. The first kappa shape index (κ1) is 11.7. The van der Waals surface area contributed by atoms with Crippen LogP contribution in [0.25, 0.3) is 0 Å².